The molecule has 160 valence electrons. The van der Waals surface area contributed by atoms with E-state index in [0.29, 0.717) is 13.0 Å². The zero-order valence-electron chi connectivity index (χ0n) is 16.3. The average Bonchev–Trinajstić information content (AvgIpc) is 3.01. The maximum atomic E-state index is 11.4. The molecule has 0 aliphatic carbocycles. The van der Waals surface area contributed by atoms with Gasteiger partial charge < -0.3 is 25.2 Å². The molecule has 2 aliphatic heterocycles. The van der Waals surface area contributed by atoms with E-state index in [-0.39, 0.29) is 11.8 Å². The second-order valence-corrected chi connectivity index (χ2v) is 7.65. The molecule has 0 saturated carbocycles. The Morgan fingerprint density at radius 2 is 1.25 bits per heavy atom. The lowest BCUT2D eigenvalue weighted by molar-refractivity contribution is -0.230. The van der Waals surface area contributed by atoms with E-state index in [1.165, 1.54) is 17.1 Å². The molecule has 4 N–H and O–H groups in total. The molecule has 0 aromatic carbocycles. The summed E-state index contributed by atoms with van der Waals surface area (Å²) < 4.78 is 5.49. The van der Waals surface area contributed by atoms with Crippen LogP contribution in [0.25, 0.3) is 0 Å². The smallest absolute Gasteiger partial charge is 0.253 e. The maximum absolute atomic E-state index is 11.4. The molecule has 0 aromatic heterocycles. The van der Waals surface area contributed by atoms with Crippen molar-refractivity contribution in [2.24, 2.45) is 0 Å². The third kappa shape index (κ3) is 6.35. The number of aliphatic hydroxyl groups excluding tert-OH is 4. The SMILES string of the molecule is O=C1C=CC(=O)N1CCCCCCCCCC[C@@H]1O[C@H](CO)[C@@H](O)[C@H](O)[C@H]1O. The molecule has 5 atom stereocenters. The molecule has 8 nitrogen and oxygen atoms in total. The van der Waals surface area contributed by atoms with Crippen molar-refractivity contribution in [3.05, 3.63) is 12.2 Å². The van der Waals surface area contributed by atoms with Gasteiger partial charge in [0.15, 0.2) is 0 Å². The van der Waals surface area contributed by atoms with Crippen LogP contribution in [0.1, 0.15) is 57.8 Å². The molecule has 2 heterocycles. The number of amides is 2. The molecule has 0 aromatic rings. The first-order chi connectivity index (χ1) is 13.5. The summed E-state index contributed by atoms with van der Waals surface area (Å²) >= 11 is 0. The second-order valence-electron chi connectivity index (χ2n) is 7.65. The molecule has 8 heteroatoms. The van der Waals surface area contributed by atoms with Crippen LogP contribution < -0.4 is 0 Å². The Hall–Kier alpha value is -1.32. The van der Waals surface area contributed by atoms with Gasteiger partial charge >= 0.3 is 0 Å². The van der Waals surface area contributed by atoms with Crippen LogP contribution in [0.15, 0.2) is 12.2 Å². The highest BCUT2D eigenvalue weighted by molar-refractivity contribution is 6.12. The Labute approximate surface area is 165 Å². The summed E-state index contributed by atoms with van der Waals surface area (Å²) in [6.07, 6.45) is 6.04. The standard InChI is InChI=1S/C20H33NO7/c22-13-15-19(26)20(27)18(25)14(28-15)9-7-5-3-1-2-4-6-8-12-21-16(23)10-11-17(21)24/h10-11,14-15,18-20,22,25-27H,1-9,12-13H2/t14-,15+,18-,19+,20+/m0/s1. The number of rotatable bonds is 12. The quantitative estimate of drug-likeness (QED) is 0.274. The number of hydrogen-bond acceptors (Lipinski definition) is 7. The van der Waals surface area contributed by atoms with Gasteiger partial charge in [0, 0.05) is 18.7 Å². The van der Waals surface area contributed by atoms with Crippen molar-refractivity contribution in [1.82, 2.24) is 4.90 Å². The van der Waals surface area contributed by atoms with Crippen molar-refractivity contribution < 1.29 is 34.8 Å². The number of nitrogens with zero attached hydrogens (tertiary/aromatic N) is 1. The molecule has 0 unspecified atom stereocenters. The molecule has 28 heavy (non-hydrogen) atoms. The van der Waals surface area contributed by atoms with Crippen LogP contribution >= 0.6 is 0 Å². The molecular formula is C20H33NO7. The fourth-order valence-electron chi connectivity index (χ4n) is 3.74. The second kappa shape index (κ2) is 11.6. The van der Waals surface area contributed by atoms with E-state index in [1.54, 1.807) is 0 Å². The van der Waals surface area contributed by atoms with E-state index in [4.69, 9.17) is 4.74 Å². The summed E-state index contributed by atoms with van der Waals surface area (Å²) in [4.78, 5) is 24.1. The number of ether oxygens (including phenoxy) is 1. The minimum Gasteiger partial charge on any atom is -0.394 e. The fourth-order valence-corrected chi connectivity index (χ4v) is 3.74. The molecule has 1 fully saturated rings. The number of imide groups is 1. The van der Waals surface area contributed by atoms with Crippen LogP contribution in [-0.4, -0.2) is 80.8 Å². The highest BCUT2D eigenvalue weighted by Crippen LogP contribution is 2.25. The number of unbranched alkanes of at least 4 members (excludes halogenated alkanes) is 7. The van der Waals surface area contributed by atoms with Crippen LogP contribution in [0.2, 0.25) is 0 Å². The Kier molecular flexibility index (Phi) is 9.53. The first-order valence-corrected chi connectivity index (χ1v) is 10.3. The van der Waals surface area contributed by atoms with Gasteiger partial charge in [-0.25, -0.2) is 0 Å². The molecule has 1 saturated heterocycles. The number of carbonyl (C=O) groups excluding carboxylic acids is 2. The highest BCUT2D eigenvalue weighted by Gasteiger charge is 2.42. The Morgan fingerprint density at radius 3 is 1.82 bits per heavy atom. The van der Waals surface area contributed by atoms with Crippen LogP contribution in [0.5, 0.6) is 0 Å². The lowest BCUT2D eigenvalue weighted by Crippen LogP contribution is -2.58. The largest absolute Gasteiger partial charge is 0.394 e. The number of hydrogen-bond donors (Lipinski definition) is 4. The van der Waals surface area contributed by atoms with Gasteiger partial charge in [0.1, 0.15) is 24.4 Å². The summed E-state index contributed by atoms with van der Waals surface area (Å²) in [5, 5.41) is 38.7. The van der Waals surface area contributed by atoms with E-state index in [9.17, 15) is 30.0 Å². The van der Waals surface area contributed by atoms with Crippen molar-refractivity contribution in [2.75, 3.05) is 13.2 Å². The van der Waals surface area contributed by atoms with Crippen molar-refractivity contribution in [2.45, 2.75) is 88.3 Å². The third-order valence-corrected chi connectivity index (χ3v) is 5.51. The normalized spacial score (nSPS) is 30.4. The van der Waals surface area contributed by atoms with Gasteiger partial charge in [-0.1, -0.05) is 44.9 Å². The molecular weight excluding hydrogens is 366 g/mol. The lowest BCUT2D eigenvalue weighted by Gasteiger charge is -2.40. The Balaban J connectivity index is 1.46. The molecule has 0 bridgehead atoms. The van der Waals surface area contributed by atoms with Crippen molar-refractivity contribution in [1.29, 1.82) is 0 Å². The zero-order valence-corrected chi connectivity index (χ0v) is 16.3. The predicted octanol–water partition coefficient (Wildman–Crippen LogP) is 0.265. The number of carbonyl (C=O) groups is 2. The lowest BCUT2D eigenvalue weighted by atomic mass is 9.92. The molecule has 0 spiro atoms. The van der Waals surface area contributed by atoms with Gasteiger partial charge in [-0.2, -0.15) is 0 Å². The Bertz CT molecular complexity index is 519. The van der Waals surface area contributed by atoms with Gasteiger partial charge in [-0.3, -0.25) is 14.5 Å². The van der Waals surface area contributed by atoms with Crippen molar-refractivity contribution in [3.8, 4) is 0 Å². The number of aliphatic hydroxyl groups is 4. The minimum atomic E-state index is -1.29. The molecule has 0 radical (unpaired) electrons. The molecule has 2 amide bonds. The molecule has 2 aliphatic rings. The third-order valence-electron chi connectivity index (χ3n) is 5.51. The van der Waals surface area contributed by atoms with E-state index in [2.05, 4.69) is 0 Å². The van der Waals surface area contributed by atoms with Gasteiger partial charge in [0.25, 0.3) is 11.8 Å². The highest BCUT2D eigenvalue weighted by atomic mass is 16.5. The van der Waals surface area contributed by atoms with Crippen LogP contribution in [0.4, 0.5) is 0 Å². The average molecular weight is 399 g/mol. The predicted molar refractivity (Wildman–Crippen MR) is 101 cm³/mol. The first kappa shape index (κ1) is 23.0. The maximum Gasteiger partial charge on any atom is 0.253 e. The minimum absolute atomic E-state index is 0.218. The Morgan fingerprint density at radius 1 is 0.750 bits per heavy atom. The first-order valence-electron chi connectivity index (χ1n) is 10.3. The summed E-state index contributed by atoms with van der Waals surface area (Å²) in [6, 6.07) is 0. The molecule has 2 rings (SSSR count). The summed E-state index contributed by atoms with van der Waals surface area (Å²) in [5.41, 5.74) is 0. The summed E-state index contributed by atoms with van der Waals surface area (Å²) in [6.45, 7) is 0.0990. The van der Waals surface area contributed by atoms with Crippen LogP contribution in [0.3, 0.4) is 0 Å². The van der Waals surface area contributed by atoms with Gasteiger partial charge in [-0.15, -0.1) is 0 Å². The summed E-state index contributed by atoms with van der Waals surface area (Å²) in [7, 11) is 0. The van der Waals surface area contributed by atoms with Crippen molar-refractivity contribution >= 4 is 11.8 Å². The fraction of sp³-hybridized carbons (Fsp3) is 0.800. The summed E-state index contributed by atoms with van der Waals surface area (Å²) in [5.74, 6) is -0.436. The van der Waals surface area contributed by atoms with Crippen molar-refractivity contribution in [3.63, 3.8) is 0 Å². The van der Waals surface area contributed by atoms with E-state index < -0.39 is 37.1 Å². The van der Waals surface area contributed by atoms with E-state index in [1.807, 2.05) is 0 Å². The van der Waals surface area contributed by atoms with Gasteiger partial charge in [0.2, 0.25) is 0 Å². The topological polar surface area (TPSA) is 128 Å². The van der Waals surface area contributed by atoms with E-state index >= 15 is 0 Å². The monoisotopic (exact) mass is 399 g/mol. The zero-order chi connectivity index (χ0) is 20.5. The van der Waals surface area contributed by atoms with Gasteiger partial charge in [-0.05, 0) is 12.8 Å². The van der Waals surface area contributed by atoms with Gasteiger partial charge in [0.05, 0.1) is 12.7 Å². The van der Waals surface area contributed by atoms with E-state index in [0.717, 1.165) is 51.4 Å². The van der Waals surface area contributed by atoms with Crippen LogP contribution in [-0.2, 0) is 14.3 Å². The van der Waals surface area contributed by atoms with Crippen LogP contribution in [0, 0.1) is 0 Å².